The van der Waals surface area contributed by atoms with Gasteiger partial charge in [-0.3, -0.25) is 4.79 Å². The minimum atomic E-state index is -0.532. The van der Waals surface area contributed by atoms with E-state index in [1.165, 1.54) is 0 Å². The Labute approximate surface area is 178 Å². The Morgan fingerprint density at radius 3 is 2.79 bits per heavy atom. The fourth-order valence-corrected chi connectivity index (χ4v) is 4.40. The van der Waals surface area contributed by atoms with Crippen molar-refractivity contribution < 1.29 is 14.3 Å². The van der Waals surface area contributed by atoms with Crippen LogP contribution in [0.5, 0.6) is 0 Å². The van der Waals surface area contributed by atoms with Crippen LogP contribution in [-0.4, -0.2) is 45.6 Å². The number of nitrogens with one attached hydrogen (secondary N) is 1. The Morgan fingerprint density at radius 1 is 1.31 bits per heavy atom. The zero-order valence-corrected chi connectivity index (χ0v) is 18.0. The van der Waals surface area contributed by atoms with Gasteiger partial charge in [-0.05, 0) is 51.1 Å². The number of carbonyl (C=O) groups excluding carboxylic acids is 2. The van der Waals surface area contributed by atoms with Crippen LogP contribution in [0.25, 0.3) is 10.8 Å². The van der Waals surface area contributed by atoms with Crippen LogP contribution in [0, 0.1) is 11.3 Å². The van der Waals surface area contributed by atoms with Crippen molar-refractivity contribution in [2.45, 2.75) is 39.2 Å². The lowest BCUT2D eigenvalue weighted by atomic mass is 10.0. The molecule has 2 aromatic heterocycles. The van der Waals surface area contributed by atoms with Crippen LogP contribution < -0.4 is 5.32 Å². The normalized spacial score (nSPS) is 23.5. The number of carbonyl (C=O) groups is 2. The van der Waals surface area contributed by atoms with Gasteiger partial charge in [-0.2, -0.15) is 0 Å². The van der Waals surface area contributed by atoms with Gasteiger partial charge in [-0.25, -0.2) is 14.8 Å². The molecule has 9 heteroatoms. The minimum absolute atomic E-state index is 0.0888. The number of pyridine rings is 2. The Bertz CT molecular complexity index is 1010. The van der Waals surface area contributed by atoms with E-state index in [1.54, 1.807) is 23.2 Å². The molecule has 2 aliphatic rings. The van der Waals surface area contributed by atoms with Crippen LogP contribution in [0.4, 0.5) is 10.6 Å². The van der Waals surface area contributed by atoms with E-state index in [0.717, 1.165) is 18.2 Å². The van der Waals surface area contributed by atoms with E-state index in [0.29, 0.717) is 24.3 Å². The van der Waals surface area contributed by atoms with E-state index in [1.807, 2.05) is 20.8 Å². The Morgan fingerprint density at radius 2 is 2.07 bits per heavy atom. The molecule has 0 unspecified atom stereocenters. The smallest absolute Gasteiger partial charge is 0.410 e. The van der Waals surface area contributed by atoms with Gasteiger partial charge in [-0.15, -0.1) is 0 Å². The Balaban J connectivity index is 1.41. The molecular weight excluding hydrogens is 415 g/mol. The zero-order valence-electron chi connectivity index (χ0n) is 16.5. The van der Waals surface area contributed by atoms with E-state index in [9.17, 15) is 9.59 Å². The molecule has 0 bridgehead atoms. The number of likely N-dealkylation sites (tertiary alicyclic amines) is 1. The molecule has 1 N–H and O–H groups in total. The lowest BCUT2D eigenvalue weighted by Gasteiger charge is -2.24. The number of fused-ring (bicyclic) bond motifs is 1. The molecule has 0 radical (unpaired) electrons. The minimum Gasteiger partial charge on any atom is -0.444 e. The maximum absolute atomic E-state index is 12.8. The third kappa shape index (κ3) is 4.12. The lowest BCUT2D eigenvalue weighted by molar-refractivity contribution is -0.118. The molecule has 2 fully saturated rings. The molecule has 7 nitrogen and oxygen atoms in total. The summed E-state index contributed by atoms with van der Waals surface area (Å²) in [6.45, 7) is 6.68. The average molecular weight is 437 g/mol. The molecule has 1 spiro atoms. The van der Waals surface area contributed by atoms with Crippen molar-refractivity contribution in [3.8, 4) is 0 Å². The summed E-state index contributed by atoms with van der Waals surface area (Å²) in [6, 6.07) is 3.40. The van der Waals surface area contributed by atoms with Gasteiger partial charge in [0, 0.05) is 36.0 Å². The maximum Gasteiger partial charge on any atom is 0.410 e. The molecule has 29 heavy (non-hydrogen) atoms. The molecule has 1 aliphatic heterocycles. The number of aromatic nitrogens is 2. The van der Waals surface area contributed by atoms with Crippen LogP contribution in [-0.2, 0) is 9.53 Å². The first kappa shape index (κ1) is 20.2. The van der Waals surface area contributed by atoms with E-state index in [2.05, 4.69) is 15.3 Å². The highest BCUT2D eigenvalue weighted by atomic mass is 35.5. The van der Waals surface area contributed by atoms with Crippen molar-refractivity contribution in [3.05, 3.63) is 28.6 Å². The largest absolute Gasteiger partial charge is 0.444 e. The van der Waals surface area contributed by atoms with Gasteiger partial charge in [0.25, 0.3) is 0 Å². The van der Waals surface area contributed by atoms with Crippen LogP contribution in [0.1, 0.15) is 33.6 Å². The summed E-state index contributed by atoms with van der Waals surface area (Å²) >= 11 is 12.0. The SMILES string of the molecule is CC(C)(C)OC(=O)N1CC[C@]2(C[C@H]2C(=O)Nc2cc3cc(Cl)nc(Cl)c3cn2)C1. The molecule has 154 valence electrons. The highest BCUT2D eigenvalue weighted by Crippen LogP contribution is 2.58. The number of hydrogen-bond donors (Lipinski definition) is 1. The van der Waals surface area contributed by atoms with Crippen molar-refractivity contribution in [3.63, 3.8) is 0 Å². The van der Waals surface area contributed by atoms with Gasteiger partial charge < -0.3 is 15.0 Å². The number of amides is 2. The second-order valence-corrected chi connectivity index (χ2v) is 9.53. The van der Waals surface area contributed by atoms with Gasteiger partial charge >= 0.3 is 6.09 Å². The lowest BCUT2D eigenvalue weighted by Crippen LogP contribution is -2.35. The first-order valence-electron chi connectivity index (χ1n) is 9.47. The van der Waals surface area contributed by atoms with Crippen molar-refractivity contribution in [2.75, 3.05) is 18.4 Å². The highest BCUT2D eigenvalue weighted by Gasteiger charge is 2.61. The number of anilines is 1. The maximum atomic E-state index is 12.8. The summed E-state index contributed by atoms with van der Waals surface area (Å²) in [5.74, 6) is 0.205. The van der Waals surface area contributed by atoms with Gasteiger partial charge in [0.15, 0.2) is 0 Å². The van der Waals surface area contributed by atoms with Crippen LogP contribution >= 0.6 is 23.2 Å². The van der Waals surface area contributed by atoms with Gasteiger partial charge in [0.1, 0.15) is 21.7 Å². The van der Waals surface area contributed by atoms with Gasteiger partial charge in [-0.1, -0.05) is 23.2 Å². The molecule has 1 saturated heterocycles. The first-order valence-corrected chi connectivity index (χ1v) is 10.2. The first-order chi connectivity index (χ1) is 13.6. The van der Waals surface area contributed by atoms with Crippen LogP contribution in [0.2, 0.25) is 10.3 Å². The van der Waals surface area contributed by atoms with E-state index < -0.39 is 5.60 Å². The Kier molecular flexibility index (Phi) is 4.86. The molecule has 1 aliphatic carbocycles. The molecule has 3 heterocycles. The number of ether oxygens (including phenoxy) is 1. The summed E-state index contributed by atoms with van der Waals surface area (Å²) < 4.78 is 5.44. The monoisotopic (exact) mass is 436 g/mol. The number of hydrogen-bond acceptors (Lipinski definition) is 5. The Hall–Kier alpha value is -2.12. The third-order valence-electron chi connectivity index (χ3n) is 5.43. The predicted octanol–water partition coefficient (Wildman–Crippen LogP) is 4.52. The fourth-order valence-electron chi connectivity index (χ4n) is 3.91. The summed E-state index contributed by atoms with van der Waals surface area (Å²) in [5, 5.41) is 4.85. The van der Waals surface area contributed by atoms with Crippen LogP contribution in [0.15, 0.2) is 18.3 Å². The molecule has 1 saturated carbocycles. The summed E-state index contributed by atoms with van der Waals surface area (Å²) in [4.78, 5) is 35.0. The van der Waals surface area contributed by atoms with Gasteiger partial charge in [0.05, 0.1) is 0 Å². The second-order valence-electron chi connectivity index (χ2n) is 8.79. The second kappa shape index (κ2) is 6.99. The third-order valence-corrected chi connectivity index (χ3v) is 5.91. The molecule has 0 aromatic carbocycles. The van der Waals surface area contributed by atoms with Crippen molar-refractivity contribution >= 4 is 51.8 Å². The van der Waals surface area contributed by atoms with Crippen molar-refractivity contribution in [1.82, 2.24) is 14.9 Å². The van der Waals surface area contributed by atoms with E-state index >= 15 is 0 Å². The topological polar surface area (TPSA) is 84.4 Å². The highest BCUT2D eigenvalue weighted by molar-refractivity contribution is 6.36. The number of nitrogens with zero attached hydrogens (tertiary/aromatic N) is 3. The van der Waals surface area contributed by atoms with Crippen molar-refractivity contribution in [2.24, 2.45) is 11.3 Å². The molecule has 2 aromatic rings. The summed E-state index contributed by atoms with van der Waals surface area (Å²) in [6.07, 6.45) is 2.80. The molecule has 4 rings (SSSR count). The van der Waals surface area contributed by atoms with Crippen molar-refractivity contribution in [1.29, 1.82) is 0 Å². The quantitative estimate of drug-likeness (QED) is 0.699. The number of halogens is 2. The summed E-state index contributed by atoms with van der Waals surface area (Å²) in [7, 11) is 0. The zero-order chi connectivity index (χ0) is 21.0. The summed E-state index contributed by atoms with van der Waals surface area (Å²) in [5.41, 5.74) is -0.690. The molecule has 2 atom stereocenters. The average Bonchev–Trinajstić information content (AvgIpc) is 3.12. The van der Waals surface area contributed by atoms with E-state index in [-0.39, 0.29) is 33.6 Å². The standard InChI is InChI=1S/C20H22Cl2N4O3/c1-19(2,3)29-18(28)26-5-4-20(10-26)8-13(20)17(27)25-15-7-11-6-14(21)24-16(22)12(11)9-23-15/h6-7,9,13H,4-5,8,10H2,1-3H3,(H,23,25,27)/t13-,20-/m0/s1. The molecular formula is C20H22Cl2N4O3. The van der Waals surface area contributed by atoms with Gasteiger partial charge in [0.2, 0.25) is 5.91 Å². The fraction of sp³-hybridized carbons (Fsp3) is 0.500. The number of rotatable bonds is 2. The predicted molar refractivity (Wildman–Crippen MR) is 111 cm³/mol. The molecule has 2 amide bonds. The van der Waals surface area contributed by atoms with E-state index in [4.69, 9.17) is 27.9 Å². The van der Waals surface area contributed by atoms with Crippen LogP contribution in [0.3, 0.4) is 0 Å².